The fourth-order valence-electron chi connectivity index (χ4n) is 2.14. The topological polar surface area (TPSA) is 30.9 Å². The minimum Gasteiger partial charge on any atom is -0.344 e. The van der Waals surface area contributed by atoms with Gasteiger partial charge in [0.05, 0.1) is 5.52 Å². The molecule has 0 unspecified atom stereocenters. The van der Waals surface area contributed by atoms with Crippen LogP contribution in [0.1, 0.15) is 31.0 Å². The summed E-state index contributed by atoms with van der Waals surface area (Å²) < 4.78 is 2.25. The maximum Gasteiger partial charge on any atom is 0.0530 e. The Hall–Kier alpha value is -0.990. The van der Waals surface area contributed by atoms with Crippen molar-refractivity contribution in [3.63, 3.8) is 0 Å². The molecule has 0 saturated carbocycles. The van der Waals surface area contributed by atoms with Gasteiger partial charge in [0.15, 0.2) is 0 Å². The molecule has 0 bridgehead atoms. The molecular formula is C13H17ClN2. The highest BCUT2D eigenvalue weighted by Crippen LogP contribution is 2.31. The third kappa shape index (κ3) is 1.62. The van der Waals surface area contributed by atoms with Crippen molar-refractivity contribution in [2.75, 3.05) is 0 Å². The molecule has 3 heteroatoms. The first-order valence-corrected chi connectivity index (χ1v) is 5.92. The number of rotatable bonds is 2. The van der Waals surface area contributed by atoms with Crippen molar-refractivity contribution in [2.24, 2.45) is 5.73 Å². The monoisotopic (exact) mass is 236 g/mol. The van der Waals surface area contributed by atoms with Crippen molar-refractivity contribution < 1.29 is 0 Å². The van der Waals surface area contributed by atoms with E-state index in [2.05, 4.69) is 37.6 Å². The number of hydrogen-bond donors (Lipinski definition) is 1. The molecule has 0 fully saturated rings. The van der Waals surface area contributed by atoms with Gasteiger partial charge in [-0.15, -0.1) is 0 Å². The predicted octanol–water partition coefficient (Wildman–Crippen LogP) is 3.64. The molecule has 0 saturated heterocycles. The van der Waals surface area contributed by atoms with Gasteiger partial charge in [-0.2, -0.15) is 0 Å². The Kier molecular flexibility index (Phi) is 2.96. The summed E-state index contributed by atoms with van der Waals surface area (Å²) in [4.78, 5) is 0. The number of halogens is 1. The van der Waals surface area contributed by atoms with Gasteiger partial charge in [-0.3, -0.25) is 0 Å². The molecule has 1 aromatic carbocycles. The Labute approximate surface area is 101 Å². The van der Waals surface area contributed by atoms with Crippen LogP contribution in [0.4, 0.5) is 0 Å². The molecule has 0 radical (unpaired) electrons. The molecule has 0 aliphatic carbocycles. The lowest BCUT2D eigenvalue weighted by atomic mass is 10.1. The Bertz CT molecular complexity index is 526. The predicted molar refractivity (Wildman–Crippen MR) is 70.0 cm³/mol. The number of fused-ring (bicyclic) bond motifs is 1. The molecule has 0 aliphatic rings. The summed E-state index contributed by atoms with van der Waals surface area (Å²) in [5, 5.41) is 2.04. The van der Waals surface area contributed by atoms with Crippen LogP contribution in [0.2, 0.25) is 5.02 Å². The van der Waals surface area contributed by atoms with Crippen molar-refractivity contribution in [1.29, 1.82) is 0 Å². The second-order valence-electron chi connectivity index (χ2n) is 4.43. The second kappa shape index (κ2) is 4.11. The molecule has 2 N–H and O–H groups in total. The summed E-state index contributed by atoms with van der Waals surface area (Å²) >= 11 is 6.17. The highest BCUT2D eigenvalue weighted by Gasteiger charge is 2.13. The first-order chi connectivity index (χ1) is 7.56. The largest absolute Gasteiger partial charge is 0.344 e. The molecule has 2 nitrogen and oxygen atoms in total. The summed E-state index contributed by atoms with van der Waals surface area (Å²) in [5.74, 6) is 0. The fourth-order valence-corrected chi connectivity index (χ4v) is 2.29. The molecule has 1 aromatic heterocycles. The van der Waals surface area contributed by atoms with E-state index in [1.165, 1.54) is 16.5 Å². The standard InChI is InChI=1S/C13H17ClN2/c1-8(2)16-7-10(6-15)11-4-5-12(14)9(3)13(11)16/h4-5,7-8H,6,15H2,1-3H3. The minimum atomic E-state index is 0.417. The number of nitrogens with two attached hydrogens (primary N) is 1. The molecule has 0 aliphatic heterocycles. The maximum absolute atomic E-state index is 6.17. The highest BCUT2D eigenvalue weighted by atomic mass is 35.5. The van der Waals surface area contributed by atoms with Crippen LogP contribution in [0.3, 0.4) is 0 Å². The number of hydrogen-bond acceptors (Lipinski definition) is 1. The molecule has 0 spiro atoms. The van der Waals surface area contributed by atoms with E-state index in [0.717, 1.165) is 10.6 Å². The van der Waals surface area contributed by atoms with E-state index in [9.17, 15) is 0 Å². The van der Waals surface area contributed by atoms with Crippen LogP contribution in [0.25, 0.3) is 10.9 Å². The Morgan fingerprint density at radius 1 is 1.38 bits per heavy atom. The zero-order valence-corrected chi connectivity index (χ0v) is 10.7. The Morgan fingerprint density at radius 3 is 2.62 bits per heavy atom. The summed E-state index contributed by atoms with van der Waals surface area (Å²) in [7, 11) is 0. The average molecular weight is 237 g/mol. The van der Waals surface area contributed by atoms with Gasteiger partial charge in [-0.1, -0.05) is 17.7 Å². The first kappa shape index (κ1) is 11.5. The molecular weight excluding hydrogens is 220 g/mol. The van der Waals surface area contributed by atoms with E-state index in [4.69, 9.17) is 17.3 Å². The van der Waals surface area contributed by atoms with E-state index in [0.29, 0.717) is 12.6 Å². The van der Waals surface area contributed by atoms with Crippen LogP contribution in [0.5, 0.6) is 0 Å². The van der Waals surface area contributed by atoms with Gasteiger partial charge < -0.3 is 10.3 Å². The average Bonchev–Trinajstić information content (AvgIpc) is 2.62. The van der Waals surface area contributed by atoms with E-state index >= 15 is 0 Å². The van der Waals surface area contributed by atoms with Crippen molar-refractivity contribution in [2.45, 2.75) is 33.4 Å². The normalized spacial score (nSPS) is 11.6. The molecule has 86 valence electrons. The van der Waals surface area contributed by atoms with Crippen LogP contribution in [0, 0.1) is 6.92 Å². The van der Waals surface area contributed by atoms with Crippen molar-refractivity contribution in [3.05, 3.63) is 34.5 Å². The van der Waals surface area contributed by atoms with Crippen LogP contribution in [-0.4, -0.2) is 4.57 Å². The van der Waals surface area contributed by atoms with Crippen molar-refractivity contribution in [3.8, 4) is 0 Å². The minimum absolute atomic E-state index is 0.417. The van der Waals surface area contributed by atoms with E-state index in [-0.39, 0.29) is 0 Å². The quantitative estimate of drug-likeness (QED) is 0.848. The van der Waals surface area contributed by atoms with Gasteiger partial charge in [0.2, 0.25) is 0 Å². The van der Waals surface area contributed by atoms with Crippen LogP contribution < -0.4 is 5.73 Å². The van der Waals surface area contributed by atoms with Crippen molar-refractivity contribution in [1.82, 2.24) is 4.57 Å². The lowest BCUT2D eigenvalue weighted by Crippen LogP contribution is -2.00. The van der Waals surface area contributed by atoms with Crippen molar-refractivity contribution >= 4 is 22.5 Å². The van der Waals surface area contributed by atoms with Crippen LogP contribution in [-0.2, 0) is 6.54 Å². The summed E-state index contributed by atoms with van der Waals surface area (Å²) in [6.07, 6.45) is 2.14. The van der Waals surface area contributed by atoms with Gasteiger partial charge >= 0.3 is 0 Å². The number of benzene rings is 1. The van der Waals surface area contributed by atoms with Gasteiger partial charge in [0, 0.05) is 29.2 Å². The van der Waals surface area contributed by atoms with E-state index in [1.807, 2.05) is 6.07 Å². The second-order valence-corrected chi connectivity index (χ2v) is 4.84. The Balaban J connectivity index is 2.86. The molecule has 16 heavy (non-hydrogen) atoms. The lowest BCUT2D eigenvalue weighted by molar-refractivity contribution is 0.620. The van der Waals surface area contributed by atoms with Gasteiger partial charge in [0.25, 0.3) is 0 Å². The van der Waals surface area contributed by atoms with Gasteiger partial charge in [0.1, 0.15) is 0 Å². The van der Waals surface area contributed by atoms with Gasteiger partial charge in [-0.25, -0.2) is 0 Å². The first-order valence-electron chi connectivity index (χ1n) is 5.54. The van der Waals surface area contributed by atoms with Gasteiger partial charge in [-0.05, 0) is 38.0 Å². The molecule has 2 rings (SSSR count). The molecule has 1 heterocycles. The smallest absolute Gasteiger partial charge is 0.0530 e. The number of aryl methyl sites for hydroxylation is 1. The van der Waals surface area contributed by atoms with E-state index < -0.39 is 0 Å². The fraction of sp³-hybridized carbons (Fsp3) is 0.385. The number of nitrogens with zero attached hydrogens (tertiary/aromatic N) is 1. The highest BCUT2D eigenvalue weighted by molar-refractivity contribution is 6.32. The summed E-state index contributed by atoms with van der Waals surface area (Å²) in [6, 6.07) is 4.43. The third-order valence-corrected chi connectivity index (χ3v) is 3.45. The van der Waals surface area contributed by atoms with E-state index in [1.54, 1.807) is 0 Å². The molecule has 0 atom stereocenters. The maximum atomic E-state index is 6.17. The third-order valence-electron chi connectivity index (χ3n) is 3.04. The SMILES string of the molecule is Cc1c(Cl)ccc2c(CN)cn(C(C)C)c12. The zero-order chi connectivity index (χ0) is 11.9. The molecule has 2 aromatic rings. The summed E-state index contributed by atoms with van der Waals surface area (Å²) in [5.41, 5.74) is 9.30. The lowest BCUT2D eigenvalue weighted by Gasteiger charge is -2.11. The summed E-state index contributed by atoms with van der Waals surface area (Å²) in [6.45, 7) is 6.96. The Morgan fingerprint density at radius 2 is 2.06 bits per heavy atom. The number of aromatic nitrogens is 1. The van der Waals surface area contributed by atoms with Crippen LogP contribution >= 0.6 is 11.6 Å². The zero-order valence-electron chi connectivity index (χ0n) is 9.92. The molecule has 0 amide bonds. The van der Waals surface area contributed by atoms with Crippen LogP contribution in [0.15, 0.2) is 18.3 Å².